The molecule has 2 heterocycles. The quantitative estimate of drug-likeness (QED) is 0.353. The summed E-state index contributed by atoms with van der Waals surface area (Å²) in [7, 11) is 0. The summed E-state index contributed by atoms with van der Waals surface area (Å²) in [6.45, 7) is 4.79. The number of hydrogen-bond acceptors (Lipinski definition) is 6. The summed E-state index contributed by atoms with van der Waals surface area (Å²) in [6, 6.07) is 8.44. The molecule has 4 N–H and O–H groups in total. The van der Waals surface area contributed by atoms with Gasteiger partial charge in [0.25, 0.3) is 11.5 Å². The molecule has 4 rings (SSSR count). The number of allylic oxidation sites excluding steroid dienone is 2. The molecule has 1 amide bonds. The lowest BCUT2D eigenvalue weighted by molar-refractivity contribution is -0.0150. The third-order valence-electron chi connectivity index (χ3n) is 7.89. The fourth-order valence-corrected chi connectivity index (χ4v) is 5.93. The Labute approximate surface area is 219 Å². The van der Waals surface area contributed by atoms with E-state index in [-0.39, 0.29) is 37.5 Å². The number of pyridine rings is 1. The zero-order valence-electron chi connectivity index (χ0n) is 22.0. The number of aromatic nitrogens is 1. The largest absolute Gasteiger partial charge is 0.381 e. The van der Waals surface area contributed by atoms with E-state index < -0.39 is 0 Å². The summed E-state index contributed by atoms with van der Waals surface area (Å²) >= 11 is 0. The van der Waals surface area contributed by atoms with E-state index in [1.807, 2.05) is 25.1 Å². The first kappa shape index (κ1) is 27.1. The van der Waals surface area contributed by atoms with Crippen LogP contribution in [0.25, 0.3) is 0 Å². The molecule has 2 aromatic rings. The van der Waals surface area contributed by atoms with Crippen LogP contribution in [-0.4, -0.2) is 58.1 Å². The van der Waals surface area contributed by atoms with Crippen LogP contribution in [0.1, 0.15) is 71.8 Å². The molecule has 1 aliphatic carbocycles. The second kappa shape index (κ2) is 12.5. The second-order valence-electron chi connectivity index (χ2n) is 10.1. The number of rotatable bonds is 6. The molecule has 1 saturated carbocycles. The van der Waals surface area contributed by atoms with Crippen molar-refractivity contribution in [1.82, 2.24) is 15.2 Å². The van der Waals surface area contributed by atoms with Gasteiger partial charge in [0.1, 0.15) is 0 Å². The Hall–Kier alpha value is -2.94. The molecular weight excluding hydrogens is 468 g/mol. The highest BCUT2D eigenvalue weighted by molar-refractivity contribution is 5.97. The van der Waals surface area contributed by atoms with Gasteiger partial charge in [-0.2, -0.15) is 0 Å². The summed E-state index contributed by atoms with van der Waals surface area (Å²) in [5.74, 6) is -0.168. The van der Waals surface area contributed by atoms with Crippen molar-refractivity contribution >= 4 is 11.6 Å². The van der Waals surface area contributed by atoms with Crippen LogP contribution in [-0.2, 0) is 19.4 Å². The van der Waals surface area contributed by atoms with Crippen molar-refractivity contribution in [2.75, 3.05) is 24.9 Å². The Kier molecular flexibility index (Phi) is 9.18. The topological polar surface area (TPSA) is 109 Å². The number of carbonyl (C=O) groups is 1. The number of anilines is 1. The Balaban J connectivity index is 1.61. The van der Waals surface area contributed by atoms with Crippen molar-refractivity contribution in [3.05, 3.63) is 74.7 Å². The molecule has 0 atom stereocenters. The molecule has 0 spiro atoms. The van der Waals surface area contributed by atoms with Crippen LogP contribution in [0.2, 0.25) is 0 Å². The van der Waals surface area contributed by atoms with Crippen LogP contribution < -0.4 is 15.8 Å². The maximum absolute atomic E-state index is 13.4. The molecule has 8 heteroatoms. The van der Waals surface area contributed by atoms with Gasteiger partial charge >= 0.3 is 0 Å². The molecule has 1 aromatic carbocycles. The van der Waals surface area contributed by atoms with Gasteiger partial charge in [-0.15, -0.1) is 0 Å². The van der Waals surface area contributed by atoms with Crippen LogP contribution in [0.4, 0.5) is 5.69 Å². The van der Waals surface area contributed by atoms with Gasteiger partial charge in [0, 0.05) is 47.7 Å². The predicted molar refractivity (Wildman–Crippen MR) is 146 cm³/mol. The Morgan fingerprint density at radius 1 is 1.00 bits per heavy atom. The van der Waals surface area contributed by atoms with E-state index in [1.165, 1.54) is 0 Å². The molecule has 0 radical (unpaired) electrons. The fourth-order valence-electron chi connectivity index (χ4n) is 5.93. The van der Waals surface area contributed by atoms with Crippen LogP contribution >= 0.6 is 0 Å². The summed E-state index contributed by atoms with van der Waals surface area (Å²) < 4.78 is 0. The molecule has 0 saturated heterocycles. The van der Waals surface area contributed by atoms with Crippen molar-refractivity contribution in [3.63, 3.8) is 0 Å². The van der Waals surface area contributed by atoms with Crippen molar-refractivity contribution < 1.29 is 15.0 Å². The molecule has 37 heavy (non-hydrogen) atoms. The molecule has 1 fully saturated rings. The van der Waals surface area contributed by atoms with Gasteiger partial charge < -0.3 is 25.4 Å². The summed E-state index contributed by atoms with van der Waals surface area (Å²) in [5, 5.41) is 22.1. The number of amides is 1. The average Bonchev–Trinajstić information content (AvgIpc) is 2.89. The van der Waals surface area contributed by atoms with Gasteiger partial charge in [-0.05, 0) is 88.1 Å². The Morgan fingerprint density at radius 2 is 1.73 bits per heavy atom. The molecule has 0 unspecified atom stereocenters. The first-order chi connectivity index (χ1) is 18.0. The van der Waals surface area contributed by atoms with E-state index in [4.69, 9.17) is 0 Å². The average molecular weight is 509 g/mol. The minimum atomic E-state index is -0.168. The summed E-state index contributed by atoms with van der Waals surface area (Å²) in [4.78, 5) is 33.1. The van der Waals surface area contributed by atoms with E-state index in [2.05, 4.69) is 40.3 Å². The van der Waals surface area contributed by atoms with Crippen molar-refractivity contribution in [2.45, 2.75) is 77.4 Å². The Bertz CT molecular complexity index is 1160. The monoisotopic (exact) mass is 508 g/mol. The second-order valence-corrected chi connectivity index (χ2v) is 10.1. The zero-order valence-corrected chi connectivity index (χ0v) is 22.0. The van der Waals surface area contributed by atoms with Gasteiger partial charge in [-0.3, -0.25) is 14.5 Å². The van der Waals surface area contributed by atoms with Crippen LogP contribution in [0, 0.1) is 6.92 Å². The normalized spacial score (nSPS) is 21.3. The minimum absolute atomic E-state index is 0.132. The maximum Gasteiger partial charge on any atom is 0.253 e. The number of fused-ring (bicyclic) bond motifs is 2. The lowest BCUT2D eigenvalue weighted by Crippen LogP contribution is -2.45. The SMILES string of the molecule is CCN(c1cccc2c1C/C=C/CCc1cc(C)[nH]c(=O)c1CNC2=O)C1CCC(N(CO)CO)CC1. The first-order valence-electron chi connectivity index (χ1n) is 13.5. The van der Waals surface area contributed by atoms with Crippen molar-refractivity contribution in [2.24, 2.45) is 0 Å². The fraction of sp³-hybridized carbons (Fsp3) is 0.517. The number of nitrogens with zero attached hydrogens (tertiary/aromatic N) is 2. The van der Waals surface area contributed by atoms with E-state index in [0.717, 1.165) is 67.6 Å². The third kappa shape index (κ3) is 6.14. The minimum Gasteiger partial charge on any atom is -0.381 e. The number of benzene rings is 1. The maximum atomic E-state index is 13.4. The van der Waals surface area contributed by atoms with E-state index in [0.29, 0.717) is 23.6 Å². The number of H-pyrrole nitrogens is 1. The molecule has 2 aliphatic rings. The molecule has 1 aromatic heterocycles. The highest BCUT2D eigenvalue weighted by Gasteiger charge is 2.30. The number of carbonyl (C=O) groups excluding carboxylic acids is 1. The predicted octanol–water partition coefficient (Wildman–Crippen LogP) is 3.00. The highest BCUT2D eigenvalue weighted by atomic mass is 16.3. The van der Waals surface area contributed by atoms with Crippen LogP contribution in [0.5, 0.6) is 0 Å². The van der Waals surface area contributed by atoms with Crippen molar-refractivity contribution in [3.8, 4) is 0 Å². The standard InChI is InChI=1S/C29H40N4O4/c1-3-33(23-14-12-22(13-15-23)32(18-34)19-35)27-11-7-10-25-24(27)9-6-4-5-8-21-16-20(2)31-29(37)26(21)17-30-28(25)36/h4,6-7,10-11,16,22-23,34-35H,3,5,8-9,12-15,17-19H2,1-2H3,(H,30,36)(H,31,37)/b6-4+. The van der Waals surface area contributed by atoms with Crippen molar-refractivity contribution in [1.29, 1.82) is 0 Å². The number of aryl methyl sites for hydroxylation is 2. The summed E-state index contributed by atoms with van der Waals surface area (Å²) in [6.07, 6.45) is 10.3. The van der Waals surface area contributed by atoms with Gasteiger partial charge in [0.05, 0.1) is 13.5 Å². The lowest BCUT2D eigenvalue weighted by Gasteiger charge is -2.41. The smallest absolute Gasteiger partial charge is 0.253 e. The van der Waals surface area contributed by atoms with E-state index in [1.54, 1.807) is 4.90 Å². The Morgan fingerprint density at radius 3 is 2.43 bits per heavy atom. The molecule has 0 bridgehead atoms. The zero-order chi connectivity index (χ0) is 26.4. The van der Waals surface area contributed by atoms with Crippen LogP contribution in [0.3, 0.4) is 0 Å². The number of hydrogen-bond donors (Lipinski definition) is 4. The van der Waals surface area contributed by atoms with Gasteiger partial charge in [-0.1, -0.05) is 18.2 Å². The summed E-state index contributed by atoms with van der Waals surface area (Å²) in [5.41, 5.74) is 5.02. The molecule has 8 nitrogen and oxygen atoms in total. The van der Waals surface area contributed by atoms with E-state index in [9.17, 15) is 19.8 Å². The number of aliphatic hydroxyl groups is 2. The lowest BCUT2D eigenvalue weighted by atomic mass is 9.88. The highest BCUT2D eigenvalue weighted by Crippen LogP contribution is 2.33. The van der Waals surface area contributed by atoms with Crippen LogP contribution in [0.15, 0.2) is 41.2 Å². The number of nitrogens with one attached hydrogen (secondary N) is 2. The molecule has 200 valence electrons. The van der Waals surface area contributed by atoms with Gasteiger partial charge in [-0.25, -0.2) is 0 Å². The van der Waals surface area contributed by atoms with E-state index >= 15 is 0 Å². The van der Waals surface area contributed by atoms with Gasteiger partial charge in [0.15, 0.2) is 0 Å². The molecule has 1 aliphatic heterocycles. The van der Waals surface area contributed by atoms with Gasteiger partial charge in [0.2, 0.25) is 0 Å². The number of aliphatic hydroxyl groups excluding tert-OH is 2. The number of aromatic amines is 1. The third-order valence-corrected chi connectivity index (χ3v) is 7.89. The first-order valence-corrected chi connectivity index (χ1v) is 13.5. The molecular formula is C29H40N4O4.